The minimum Gasteiger partial charge on any atom is -0.335 e. The van der Waals surface area contributed by atoms with Crippen LogP contribution in [0.3, 0.4) is 0 Å². The first kappa shape index (κ1) is 19.8. The Balaban J connectivity index is 1.54. The third kappa shape index (κ3) is 4.67. The Bertz CT molecular complexity index is 1010. The molecule has 3 rings (SSSR count). The maximum absolute atomic E-state index is 12.0. The highest BCUT2D eigenvalue weighted by Crippen LogP contribution is 2.28. The summed E-state index contributed by atoms with van der Waals surface area (Å²) < 4.78 is 2.24. The molecule has 3 aromatic rings. The molecule has 28 heavy (non-hydrogen) atoms. The van der Waals surface area contributed by atoms with Gasteiger partial charge in [0.1, 0.15) is 0 Å². The Morgan fingerprint density at radius 2 is 1.93 bits per heavy atom. The van der Waals surface area contributed by atoms with Gasteiger partial charge in [-0.2, -0.15) is 0 Å². The minimum atomic E-state index is -0.493. The van der Waals surface area contributed by atoms with E-state index in [1.165, 1.54) is 40.7 Å². The number of nitrogens with one attached hydrogen (secondary N) is 1. The number of thioether (sulfide) groups is 1. The highest BCUT2D eigenvalue weighted by Gasteiger charge is 2.15. The fourth-order valence-electron chi connectivity index (χ4n) is 2.33. The average Bonchev–Trinajstić information content (AvgIpc) is 3.03. The number of amides is 1. The van der Waals surface area contributed by atoms with E-state index in [-0.39, 0.29) is 18.0 Å². The number of nitrogens with two attached hydrogens (primary N) is 1. The predicted molar refractivity (Wildman–Crippen MR) is 110 cm³/mol. The summed E-state index contributed by atoms with van der Waals surface area (Å²) in [5.74, 6) is 6.83. The first-order valence-electron chi connectivity index (χ1n) is 8.08. The molecule has 0 unspecified atom stereocenters. The lowest BCUT2D eigenvalue weighted by Crippen LogP contribution is -2.14. The van der Waals surface area contributed by atoms with Crippen molar-refractivity contribution in [2.45, 2.75) is 11.6 Å². The maximum atomic E-state index is 12.0. The molecule has 11 heteroatoms. The molecule has 0 spiro atoms. The van der Waals surface area contributed by atoms with E-state index < -0.39 is 4.92 Å². The normalized spacial score (nSPS) is 10.6. The SMILES string of the molecule is Nn1c(SCCC(=O)Nc2ccc([N+](=O)[O-])cc2)nnc1-c1ccccc1Br. The van der Waals surface area contributed by atoms with E-state index in [2.05, 4.69) is 31.4 Å². The molecule has 144 valence electrons. The molecule has 0 bridgehead atoms. The van der Waals surface area contributed by atoms with Crippen molar-refractivity contribution < 1.29 is 9.72 Å². The molecule has 3 N–H and O–H groups in total. The van der Waals surface area contributed by atoms with Crippen LogP contribution >= 0.6 is 27.7 Å². The molecule has 1 heterocycles. The van der Waals surface area contributed by atoms with Gasteiger partial charge in [-0.3, -0.25) is 14.9 Å². The van der Waals surface area contributed by atoms with Crippen molar-refractivity contribution in [1.29, 1.82) is 0 Å². The van der Waals surface area contributed by atoms with Gasteiger partial charge in [-0.05, 0) is 24.3 Å². The standard InChI is InChI=1S/C17H15BrN6O3S/c18-14-4-2-1-3-13(14)16-21-22-17(23(16)19)28-10-9-15(25)20-11-5-7-12(8-6-11)24(26)27/h1-8H,9-10,19H2,(H,20,25). The summed E-state index contributed by atoms with van der Waals surface area (Å²) in [5, 5.41) is 22.0. The molecule has 1 amide bonds. The molecule has 0 saturated heterocycles. The van der Waals surface area contributed by atoms with Crippen LogP contribution in [0.4, 0.5) is 11.4 Å². The number of nitrogen functional groups attached to an aromatic ring is 1. The first-order valence-corrected chi connectivity index (χ1v) is 9.86. The van der Waals surface area contributed by atoms with Gasteiger partial charge in [0, 0.05) is 40.0 Å². The van der Waals surface area contributed by atoms with Gasteiger partial charge >= 0.3 is 0 Å². The second-order valence-electron chi connectivity index (χ2n) is 5.61. The molecule has 0 atom stereocenters. The Morgan fingerprint density at radius 3 is 2.61 bits per heavy atom. The summed E-state index contributed by atoms with van der Waals surface area (Å²) in [6.45, 7) is 0. The van der Waals surface area contributed by atoms with Crippen molar-refractivity contribution in [3.05, 3.63) is 63.1 Å². The van der Waals surface area contributed by atoms with Gasteiger partial charge in [0.2, 0.25) is 11.1 Å². The monoisotopic (exact) mass is 462 g/mol. The van der Waals surface area contributed by atoms with Crippen LogP contribution in [0.2, 0.25) is 0 Å². The number of hydrogen-bond acceptors (Lipinski definition) is 7. The zero-order chi connectivity index (χ0) is 20.1. The Morgan fingerprint density at radius 1 is 1.21 bits per heavy atom. The number of non-ortho nitro benzene ring substituents is 1. The van der Waals surface area contributed by atoms with Crippen molar-refractivity contribution in [3.63, 3.8) is 0 Å². The van der Waals surface area contributed by atoms with E-state index in [0.717, 1.165) is 10.0 Å². The number of hydrogen-bond donors (Lipinski definition) is 2. The number of nitrogens with zero attached hydrogens (tertiary/aromatic N) is 4. The molecule has 0 fully saturated rings. The molecular formula is C17H15BrN6O3S. The van der Waals surface area contributed by atoms with Crippen LogP contribution < -0.4 is 11.2 Å². The van der Waals surface area contributed by atoms with Crippen LogP contribution in [0.15, 0.2) is 58.2 Å². The number of aromatic nitrogens is 3. The lowest BCUT2D eigenvalue weighted by molar-refractivity contribution is -0.384. The van der Waals surface area contributed by atoms with Gasteiger partial charge < -0.3 is 11.2 Å². The van der Waals surface area contributed by atoms with Crippen molar-refractivity contribution in [2.24, 2.45) is 0 Å². The van der Waals surface area contributed by atoms with E-state index in [1.807, 2.05) is 24.3 Å². The number of anilines is 1. The van der Waals surface area contributed by atoms with Gasteiger partial charge in [-0.1, -0.05) is 39.8 Å². The van der Waals surface area contributed by atoms with Crippen molar-refractivity contribution >= 4 is 45.0 Å². The molecule has 0 radical (unpaired) electrons. The van der Waals surface area contributed by atoms with Gasteiger partial charge in [-0.25, -0.2) is 4.68 Å². The minimum absolute atomic E-state index is 0.0308. The summed E-state index contributed by atoms with van der Waals surface area (Å²) >= 11 is 4.77. The fourth-order valence-corrected chi connectivity index (χ4v) is 3.58. The van der Waals surface area contributed by atoms with Crippen molar-refractivity contribution in [1.82, 2.24) is 14.9 Å². The van der Waals surface area contributed by atoms with E-state index in [4.69, 9.17) is 5.84 Å². The van der Waals surface area contributed by atoms with Crippen molar-refractivity contribution in [2.75, 3.05) is 16.9 Å². The first-order chi connectivity index (χ1) is 13.5. The zero-order valence-electron chi connectivity index (χ0n) is 14.4. The van der Waals surface area contributed by atoms with Crippen LogP contribution in [0.5, 0.6) is 0 Å². The summed E-state index contributed by atoms with van der Waals surface area (Å²) in [6.07, 6.45) is 0.221. The summed E-state index contributed by atoms with van der Waals surface area (Å²) in [7, 11) is 0. The van der Waals surface area contributed by atoms with Gasteiger partial charge in [0.15, 0.2) is 5.82 Å². The maximum Gasteiger partial charge on any atom is 0.269 e. The predicted octanol–water partition coefficient (Wildman–Crippen LogP) is 3.45. The highest BCUT2D eigenvalue weighted by molar-refractivity contribution is 9.10. The topological polar surface area (TPSA) is 129 Å². The Kier molecular flexibility index (Phi) is 6.26. The van der Waals surface area contributed by atoms with E-state index in [9.17, 15) is 14.9 Å². The second kappa shape index (κ2) is 8.85. The van der Waals surface area contributed by atoms with Gasteiger partial charge in [0.05, 0.1) is 4.92 Å². The van der Waals surface area contributed by atoms with Crippen LogP contribution in [0.1, 0.15) is 6.42 Å². The summed E-state index contributed by atoms with van der Waals surface area (Å²) in [5.41, 5.74) is 1.29. The van der Waals surface area contributed by atoms with E-state index in [1.54, 1.807) is 0 Å². The van der Waals surface area contributed by atoms with Crippen molar-refractivity contribution in [3.8, 4) is 11.4 Å². The zero-order valence-corrected chi connectivity index (χ0v) is 16.8. The lowest BCUT2D eigenvalue weighted by Gasteiger charge is -2.06. The molecule has 0 aliphatic carbocycles. The van der Waals surface area contributed by atoms with Crippen LogP contribution in [0, 0.1) is 10.1 Å². The highest BCUT2D eigenvalue weighted by atomic mass is 79.9. The molecule has 9 nitrogen and oxygen atoms in total. The summed E-state index contributed by atoms with van der Waals surface area (Å²) in [6, 6.07) is 13.2. The van der Waals surface area contributed by atoms with Crippen LogP contribution in [-0.2, 0) is 4.79 Å². The van der Waals surface area contributed by atoms with E-state index >= 15 is 0 Å². The van der Waals surface area contributed by atoms with Gasteiger partial charge in [0.25, 0.3) is 5.69 Å². The largest absolute Gasteiger partial charge is 0.335 e. The Hall–Kier alpha value is -2.92. The number of rotatable bonds is 7. The number of nitro benzene ring substituents is 1. The number of halogens is 1. The average molecular weight is 463 g/mol. The molecule has 2 aromatic carbocycles. The quantitative estimate of drug-likeness (QED) is 0.238. The second-order valence-corrected chi connectivity index (χ2v) is 7.52. The summed E-state index contributed by atoms with van der Waals surface area (Å²) in [4.78, 5) is 22.2. The van der Waals surface area contributed by atoms with E-state index in [0.29, 0.717) is 22.4 Å². The van der Waals surface area contributed by atoms with Gasteiger partial charge in [-0.15, -0.1) is 10.2 Å². The smallest absolute Gasteiger partial charge is 0.269 e. The fraction of sp³-hybridized carbons (Fsp3) is 0.118. The molecular weight excluding hydrogens is 448 g/mol. The molecule has 1 aromatic heterocycles. The lowest BCUT2D eigenvalue weighted by atomic mass is 10.2. The van der Waals surface area contributed by atoms with Crippen LogP contribution in [-0.4, -0.2) is 31.5 Å². The Labute approximate surface area is 172 Å². The molecule has 0 aliphatic heterocycles. The third-order valence-corrected chi connectivity index (χ3v) is 5.34. The van der Waals surface area contributed by atoms with Crippen LogP contribution in [0.25, 0.3) is 11.4 Å². The number of nitro groups is 1. The molecule has 0 aliphatic rings. The number of benzene rings is 2. The molecule has 0 saturated carbocycles. The third-order valence-electron chi connectivity index (χ3n) is 3.70. The number of carbonyl (C=O) groups is 1. The number of carbonyl (C=O) groups excluding carboxylic acids is 1.